The van der Waals surface area contributed by atoms with Gasteiger partial charge in [-0.3, -0.25) is 4.98 Å². The lowest BCUT2D eigenvalue weighted by Gasteiger charge is -2.28. The third-order valence-electron chi connectivity index (χ3n) is 4.78. The minimum absolute atomic E-state index is 0.251. The lowest BCUT2D eigenvalue weighted by Crippen LogP contribution is -2.22. The summed E-state index contributed by atoms with van der Waals surface area (Å²) in [5, 5.41) is 2.09. The Labute approximate surface area is 146 Å². The van der Waals surface area contributed by atoms with Crippen LogP contribution in [0.3, 0.4) is 0 Å². The molecule has 0 amide bonds. The maximum atomic E-state index is 6.27. The van der Waals surface area contributed by atoms with Crippen LogP contribution in [0.5, 0.6) is 17.2 Å². The molecule has 0 saturated heterocycles. The van der Waals surface area contributed by atoms with Gasteiger partial charge in [-0.1, -0.05) is 13.8 Å². The van der Waals surface area contributed by atoms with Gasteiger partial charge in [-0.05, 0) is 47.3 Å². The van der Waals surface area contributed by atoms with E-state index in [2.05, 4.69) is 18.8 Å². The fourth-order valence-corrected chi connectivity index (χ4v) is 3.39. The van der Waals surface area contributed by atoms with Crippen molar-refractivity contribution in [3.8, 4) is 17.2 Å². The molecule has 5 nitrogen and oxygen atoms in total. The van der Waals surface area contributed by atoms with E-state index >= 15 is 0 Å². The fourth-order valence-electron chi connectivity index (χ4n) is 3.39. The van der Waals surface area contributed by atoms with Crippen LogP contribution >= 0.6 is 0 Å². The van der Waals surface area contributed by atoms with E-state index in [1.165, 1.54) is 0 Å². The highest BCUT2D eigenvalue weighted by atomic mass is 16.7. The smallest absolute Gasteiger partial charge is 0.231 e. The highest BCUT2D eigenvalue weighted by molar-refractivity contribution is 5.89. The summed E-state index contributed by atoms with van der Waals surface area (Å²) in [5.74, 6) is 2.29. The summed E-state index contributed by atoms with van der Waals surface area (Å²) < 4.78 is 16.4. The van der Waals surface area contributed by atoms with Gasteiger partial charge in [-0.15, -0.1) is 0 Å². The lowest BCUT2D eigenvalue weighted by molar-refractivity contribution is 0.174. The van der Waals surface area contributed by atoms with Gasteiger partial charge < -0.3 is 19.9 Å². The van der Waals surface area contributed by atoms with Gasteiger partial charge in [0.2, 0.25) is 6.79 Å². The molecule has 0 unspecified atom stereocenters. The summed E-state index contributed by atoms with van der Waals surface area (Å²) in [6, 6.07) is 11.7. The van der Waals surface area contributed by atoms with Crippen molar-refractivity contribution in [1.29, 1.82) is 0 Å². The molecular weight excluding hydrogens is 316 g/mol. The number of nitrogens with zero attached hydrogens (tertiary/aromatic N) is 1. The molecule has 0 radical (unpaired) electrons. The summed E-state index contributed by atoms with van der Waals surface area (Å²) in [7, 11) is 1.65. The van der Waals surface area contributed by atoms with E-state index in [9.17, 15) is 0 Å². The average Bonchev–Trinajstić information content (AvgIpc) is 3.06. The van der Waals surface area contributed by atoms with E-state index < -0.39 is 5.41 Å². The summed E-state index contributed by atoms with van der Waals surface area (Å²) >= 11 is 0. The van der Waals surface area contributed by atoms with Gasteiger partial charge in [0.1, 0.15) is 5.75 Å². The second-order valence-electron chi connectivity index (χ2n) is 6.66. The first-order chi connectivity index (χ1) is 12.0. The maximum Gasteiger partial charge on any atom is 0.231 e. The summed E-state index contributed by atoms with van der Waals surface area (Å²) in [5.41, 5.74) is 8.49. The zero-order valence-corrected chi connectivity index (χ0v) is 14.5. The number of nitrogen functional groups attached to an aromatic ring is 1. The molecule has 4 rings (SSSR count). The number of hydrogen-bond acceptors (Lipinski definition) is 5. The maximum absolute atomic E-state index is 6.27. The SMILES string of the molecule is COc1ccc(N)c(C(C)(C)c2nccc3cc4c(cc23)OCO4)c1. The molecule has 2 N–H and O–H groups in total. The number of benzene rings is 2. The molecule has 0 spiro atoms. The molecule has 0 saturated carbocycles. The predicted octanol–water partition coefficient (Wildman–Crippen LogP) is 3.88. The highest BCUT2D eigenvalue weighted by Crippen LogP contribution is 2.42. The monoisotopic (exact) mass is 336 g/mol. The molecule has 0 atom stereocenters. The van der Waals surface area contributed by atoms with E-state index in [4.69, 9.17) is 19.9 Å². The summed E-state index contributed by atoms with van der Waals surface area (Å²) in [4.78, 5) is 4.68. The van der Waals surface area contributed by atoms with Crippen LogP contribution in [0.4, 0.5) is 5.69 Å². The van der Waals surface area contributed by atoms with Crippen LogP contribution in [-0.4, -0.2) is 18.9 Å². The zero-order valence-electron chi connectivity index (χ0n) is 14.5. The molecule has 0 fully saturated rings. The molecule has 2 aromatic carbocycles. The Morgan fingerprint density at radius 3 is 2.60 bits per heavy atom. The van der Waals surface area contributed by atoms with Gasteiger partial charge in [0.05, 0.1) is 12.8 Å². The molecular formula is C20H20N2O3. The number of rotatable bonds is 3. The number of methoxy groups -OCH3 is 1. The molecule has 3 aromatic rings. The van der Waals surface area contributed by atoms with Crippen molar-refractivity contribution in [3.05, 3.63) is 53.9 Å². The molecule has 1 aliphatic rings. The molecule has 0 bridgehead atoms. The van der Waals surface area contributed by atoms with Gasteiger partial charge in [-0.2, -0.15) is 0 Å². The van der Waals surface area contributed by atoms with E-state index in [0.717, 1.165) is 39.3 Å². The number of ether oxygens (including phenoxy) is 3. The Morgan fingerprint density at radius 1 is 1.08 bits per heavy atom. The number of aromatic nitrogens is 1. The van der Waals surface area contributed by atoms with E-state index in [1.807, 2.05) is 42.6 Å². The quantitative estimate of drug-likeness (QED) is 0.735. The third kappa shape index (κ3) is 2.43. The van der Waals surface area contributed by atoms with Gasteiger partial charge in [-0.25, -0.2) is 0 Å². The molecule has 2 heterocycles. The predicted molar refractivity (Wildman–Crippen MR) is 97.4 cm³/mol. The normalized spacial score (nSPS) is 13.2. The topological polar surface area (TPSA) is 66.6 Å². The summed E-state index contributed by atoms with van der Waals surface area (Å²) in [6.07, 6.45) is 1.82. The minimum atomic E-state index is -0.411. The summed E-state index contributed by atoms with van der Waals surface area (Å²) in [6.45, 7) is 4.48. The second-order valence-corrected chi connectivity index (χ2v) is 6.66. The lowest BCUT2D eigenvalue weighted by atomic mass is 9.78. The standard InChI is InChI=1S/C20H20N2O3/c1-20(2,15-9-13(23-3)4-5-16(15)21)19-14-10-18-17(24-11-25-18)8-12(14)6-7-22-19/h4-10H,11,21H2,1-3H3. The van der Waals surface area contributed by atoms with Crippen LogP contribution in [0.2, 0.25) is 0 Å². The van der Waals surface area contributed by atoms with Crippen molar-refractivity contribution in [2.75, 3.05) is 19.6 Å². The second kappa shape index (κ2) is 5.55. The number of anilines is 1. The van der Waals surface area contributed by atoms with Crippen molar-refractivity contribution in [1.82, 2.24) is 4.98 Å². The zero-order chi connectivity index (χ0) is 17.6. The molecule has 25 heavy (non-hydrogen) atoms. The van der Waals surface area contributed by atoms with Crippen molar-refractivity contribution < 1.29 is 14.2 Å². The third-order valence-corrected chi connectivity index (χ3v) is 4.78. The molecule has 1 aliphatic heterocycles. The van der Waals surface area contributed by atoms with Gasteiger partial charge in [0, 0.05) is 22.7 Å². The van der Waals surface area contributed by atoms with Crippen molar-refractivity contribution in [2.24, 2.45) is 0 Å². The van der Waals surface area contributed by atoms with Gasteiger partial charge in [0.25, 0.3) is 0 Å². The first-order valence-corrected chi connectivity index (χ1v) is 8.13. The number of nitrogens with two attached hydrogens (primary N) is 1. The molecule has 0 aliphatic carbocycles. The number of pyridine rings is 1. The molecule has 128 valence electrons. The minimum Gasteiger partial charge on any atom is -0.497 e. The van der Waals surface area contributed by atoms with Crippen molar-refractivity contribution >= 4 is 16.5 Å². The Kier molecular flexibility index (Phi) is 3.46. The number of fused-ring (bicyclic) bond motifs is 2. The van der Waals surface area contributed by atoms with E-state index in [0.29, 0.717) is 5.69 Å². The van der Waals surface area contributed by atoms with E-state index in [-0.39, 0.29) is 6.79 Å². The Morgan fingerprint density at radius 2 is 1.84 bits per heavy atom. The van der Waals surface area contributed by atoms with Crippen LogP contribution in [0.25, 0.3) is 10.8 Å². The Balaban J connectivity index is 1.94. The largest absolute Gasteiger partial charge is 0.497 e. The first-order valence-electron chi connectivity index (χ1n) is 8.13. The van der Waals surface area contributed by atoms with Crippen LogP contribution in [-0.2, 0) is 5.41 Å². The van der Waals surface area contributed by atoms with Crippen LogP contribution in [0.15, 0.2) is 42.6 Å². The van der Waals surface area contributed by atoms with Crippen LogP contribution < -0.4 is 19.9 Å². The Hall–Kier alpha value is -2.95. The number of hydrogen-bond donors (Lipinski definition) is 1. The van der Waals surface area contributed by atoms with Crippen LogP contribution in [0, 0.1) is 0 Å². The average molecular weight is 336 g/mol. The fraction of sp³-hybridized carbons (Fsp3) is 0.250. The molecule has 5 heteroatoms. The van der Waals surface area contributed by atoms with Crippen molar-refractivity contribution in [3.63, 3.8) is 0 Å². The highest BCUT2D eigenvalue weighted by Gasteiger charge is 2.30. The molecule has 1 aromatic heterocycles. The van der Waals surface area contributed by atoms with Gasteiger partial charge in [0.15, 0.2) is 11.5 Å². The van der Waals surface area contributed by atoms with E-state index in [1.54, 1.807) is 7.11 Å². The Bertz CT molecular complexity index is 967. The van der Waals surface area contributed by atoms with Crippen molar-refractivity contribution in [2.45, 2.75) is 19.3 Å². The van der Waals surface area contributed by atoms with Gasteiger partial charge >= 0.3 is 0 Å². The first kappa shape index (κ1) is 15.6. The van der Waals surface area contributed by atoms with Crippen LogP contribution in [0.1, 0.15) is 25.1 Å².